The second kappa shape index (κ2) is 8.91. The first-order valence-electron chi connectivity index (χ1n) is 9.13. The summed E-state index contributed by atoms with van der Waals surface area (Å²) in [6, 6.07) is 7.62. The van der Waals surface area contributed by atoms with Crippen LogP contribution in [0.25, 0.3) is 0 Å². The zero-order valence-corrected chi connectivity index (χ0v) is 14.8. The van der Waals surface area contributed by atoms with Gasteiger partial charge in [-0.15, -0.1) is 0 Å². The SMILES string of the molecule is Clc1ccc(OCCN2CCN(CC3CCCCC3)CC2)cc1. The molecular weight excluding hydrogens is 308 g/mol. The fraction of sp³-hybridized carbons (Fsp3) is 0.684. The Bertz CT molecular complexity index is 451. The maximum Gasteiger partial charge on any atom is 0.119 e. The fourth-order valence-corrected chi connectivity index (χ4v) is 3.88. The van der Waals surface area contributed by atoms with Crippen LogP contribution < -0.4 is 4.74 Å². The van der Waals surface area contributed by atoms with Gasteiger partial charge in [0, 0.05) is 44.3 Å². The van der Waals surface area contributed by atoms with Crippen molar-refractivity contribution in [1.29, 1.82) is 0 Å². The molecule has 4 heteroatoms. The first kappa shape index (κ1) is 17.1. The summed E-state index contributed by atoms with van der Waals surface area (Å²) in [5.41, 5.74) is 0. The molecule has 1 aromatic rings. The van der Waals surface area contributed by atoms with Crippen molar-refractivity contribution in [2.45, 2.75) is 32.1 Å². The average Bonchev–Trinajstić information content (AvgIpc) is 2.59. The van der Waals surface area contributed by atoms with Crippen LogP contribution in [0.3, 0.4) is 0 Å². The van der Waals surface area contributed by atoms with Gasteiger partial charge in [0.15, 0.2) is 0 Å². The van der Waals surface area contributed by atoms with Gasteiger partial charge in [0.25, 0.3) is 0 Å². The number of rotatable bonds is 6. The molecule has 0 N–H and O–H groups in total. The molecule has 128 valence electrons. The summed E-state index contributed by atoms with van der Waals surface area (Å²) < 4.78 is 5.80. The van der Waals surface area contributed by atoms with Crippen molar-refractivity contribution in [3.05, 3.63) is 29.3 Å². The van der Waals surface area contributed by atoms with Gasteiger partial charge < -0.3 is 9.64 Å². The highest BCUT2D eigenvalue weighted by molar-refractivity contribution is 6.30. The number of hydrogen-bond donors (Lipinski definition) is 0. The molecule has 2 aliphatic rings. The molecule has 2 fully saturated rings. The zero-order chi connectivity index (χ0) is 15.9. The Hall–Kier alpha value is -0.770. The van der Waals surface area contributed by atoms with Crippen molar-refractivity contribution in [2.24, 2.45) is 5.92 Å². The number of halogens is 1. The third-order valence-electron chi connectivity index (χ3n) is 5.20. The lowest BCUT2D eigenvalue weighted by Crippen LogP contribution is -2.48. The number of ether oxygens (including phenoxy) is 1. The molecule has 0 radical (unpaired) electrons. The Morgan fingerprint density at radius 1 is 0.913 bits per heavy atom. The van der Waals surface area contributed by atoms with E-state index in [-0.39, 0.29) is 0 Å². The predicted molar refractivity (Wildman–Crippen MR) is 96.4 cm³/mol. The van der Waals surface area contributed by atoms with Crippen molar-refractivity contribution in [1.82, 2.24) is 9.80 Å². The third-order valence-corrected chi connectivity index (χ3v) is 5.45. The predicted octanol–water partition coefficient (Wildman–Crippen LogP) is 3.92. The van der Waals surface area contributed by atoms with Crippen LogP contribution >= 0.6 is 11.6 Å². The Labute approximate surface area is 145 Å². The van der Waals surface area contributed by atoms with Crippen molar-refractivity contribution >= 4 is 11.6 Å². The van der Waals surface area contributed by atoms with E-state index in [0.29, 0.717) is 0 Å². The van der Waals surface area contributed by atoms with Crippen LogP contribution in [-0.2, 0) is 0 Å². The maximum absolute atomic E-state index is 5.88. The highest BCUT2D eigenvalue weighted by atomic mass is 35.5. The minimum atomic E-state index is 0.754. The van der Waals surface area contributed by atoms with Gasteiger partial charge in [-0.3, -0.25) is 4.90 Å². The van der Waals surface area contributed by atoms with Gasteiger partial charge in [-0.05, 0) is 43.0 Å². The molecule has 23 heavy (non-hydrogen) atoms. The number of nitrogens with zero attached hydrogens (tertiary/aromatic N) is 2. The summed E-state index contributed by atoms with van der Waals surface area (Å²) in [4.78, 5) is 5.19. The molecule has 0 amide bonds. The lowest BCUT2D eigenvalue weighted by atomic mass is 9.89. The van der Waals surface area contributed by atoms with Crippen molar-refractivity contribution < 1.29 is 4.74 Å². The van der Waals surface area contributed by atoms with E-state index in [1.165, 1.54) is 64.8 Å². The second-order valence-corrected chi connectivity index (χ2v) is 7.39. The van der Waals surface area contributed by atoms with E-state index < -0.39 is 0 Å². The summed E-state index contributed by atoms with van der Waals surface area (Å²) >= 11 is 5.88. The van der Waals surface area contributed by atoms with Crippen molar-refractivity contribution in [2.75, 3.05) is 45.9 Å². The molecular formula is C19H29ClN2O. The van der Waals surface area contributed by atoms with Gasteiger partial charge in [0.2, 0.25) is 0 Å². The van der Waals surface area contributed by atoms with Gasteiger partial charge in [-0.1, -0.05) is 30.9 Å². The maximum atomic E-state index is 5.88. The Morgan fingerprint density at radius 2 is 1.57 bits per heavy atom. The number of benzene rings is 1. The molecule has 0 spiro atoms. The lowest BCUT2D eigenvalue weighted by molar-refractivity contribution is 0.0988. The van der Waals surface area contributed by atoms with Crippen LogP contribution in [0.1, 0.15) is 32.1 Å². The van der Waals surface area contributed by atoms with E-state index in [0.717, 1.165) is 29.8 Å². The summed E-state index contributed by atoms with van der Waals surface area (Å²) in [6.07, 6.45) is 7.27. The number of hydrogen-bond acceptors (Lipinski definition) is 3. The molecule has 3 nitrogen and oxygen atoms in total. The minimum Gasteiger partial charge on any atom is -0.492 e. The Balaban J connectivity index is 1.30. The Kier molecular flexibility index (Phi) is 6.61. The summed E-state index contributed by atoms with van der Waals surface area (Å²) in [6.45, 7) is 7.89. The van der Waals surface area contributed by atoms with Crippen LogP contribution in [0.15, 0.2) is 24.3 Å². The molecule has 1 aromatic carbocycles. The summed E-state index contributed by atoms with van der Waals surface area (Å²) in [7, 11) is 0. The van der Waals surface area contributed by atoms with Crippen LogP contribution in [0.4, 0.5) is 0 Å². The largest absolute Gasteiger partial charge is 0.492 e. The molecule has 1 aliphatic heterocycles. The summed E-state index contributed by atoms with van der Waals surface area (Å²) in [5.74, 6) is 1.87. The van der Waals surface area contributed by atoms with Gasteiger partial charge in [0.05, 0.1) is 0 Å². The molecule has 0 bridgehead atoms. The van der Waals surface area contributed by atoms with Gasteiger partial charge in [-0.25, -0.2) is 0 Å². The van der Waals surface area contributed by atoms with Crippen LogP contribution in [0.5, 0.6) is 5.75 Å². The third kappa shape index (κ3) is 5.66. The lowest BCUT2D eigenvalue weighted by Gasteiger charge is -2.37. The Morgan fingerprint density at radius 3 is 2.26 bits per heavy atom. The van der Waals surface area contributed by atoms with Crippen LogP contribution in [0.2, 0.25) is 5.02 Å². The standard InChI is InChI=1S/C19H29ClN2O/c20-18-6-8-19(9-7-18)23-15-14-21-10-12-22(13-11-21)16-17-4-2-1-3-5-17/h6-9,17H,1-5,10-16H2. The van der Waals surface area contributed by atoms with Crippen LogP contribution in [0, 0.1) is 5.92 Å². The number of piperazine rings is 1. The van der Waals surface area contributed by atoms with E-state index in [2.05, 4.69) is 9.80 Å². The van der Waals surface area contributed by atoms with Crippen LogP contribution in [-0.4, -0.2) is 55.7 Å². The molecule has 0 unspecified atom stereocenters. The molecule has 3 rings (SSSR count). The van der Waals surface area contributed by atoms with Crippen molar-refractivity contribution in [3.63, 3.8) is 0 Å². The highest BCUT2D eigenvalue weighted by Crippen LogP contribution is 2.24. The first-order chi connectivity index (χ1) is 11.3. The van der Waals surface area contributed by atoms with E-state index in [1.807, 2.05) is 24.3 Å². The molecule has 1 aliphatic carbocycles. The second-order valence-electron chi connectivity index (χ2n) is 6.95. The monoisotopic (exact) mass is 336 g/mol. The van der Waals surface area contributed by atoms with E-state index in [1.54, 1.807) is 0 Å². The molecule has 0 aromatic heterocycles. The normalized spacial score (nSPS) is 21.4. The van der Waals surface area contributed by atoms with Gasteiger partial charge >= 0.3 is 0 Å². The smallest absolute Gasteiger partial charge is 0.119 e. The molecule has 1 heterocycles. The van der Waals surface area contributed by atoms with Gasteiger partial charge in [-0.2, -0.15) is 0 Å². The first-order valence-corrected chi connectivity index (χ1v) is 9.50. The summed E-state index contributed by atoms with van der Waals surface area (Å²) in [5, 5.41) is 0.756. The van der Waals surface area contributed by atoms with Gasteiger partial charge in [0.1, 0.15) is 12.4 Å². The quantitative estimate of drug-likeness (QED) is 0.783. The highest BCUT2D eigenvalue weighted by Gasteiger charge is 2.21. The van der Waals surface area contributed by atoms with E-state index >= 15 is 0 Å². The zero-order valence-electron chi connectivity index (χ0n) is 14.1. The van der Waals surface area contributed by atoms with E-state index in [9.17, 15) is 0 Å². The topological polar surface area (TPSA) is 15.7 Å². The average molecular weight is 337 g/mol. The minimum absolute atomic E-state index is 0.754. The molecule has 1 saturated heterocycles. The molecule has 1 saturated carbocycles. The fourth-order valence-electron chi connectivity index (χ4n) is 3.75. The van der Waals surface area contributed by atoms with Crippen molar-refractivity contribution in [3.8, 4) is 5.75 Å². The molecule has 0 atom stereocenters. The van der Waals surface area contributed by atoms with E-state index in [4.69, 9.17) is 16.3 Å².